The Hall–Kier alpha value is -1.62. The minimum Gasteiger partial charge on any atom is -0.379 e. The average molecular weight is 320 g/mol. The first-order valence-corrected chi connectivity index (χ1v) is 6.99. The number of rotatable bonds is 3. The monoisotopic (exact) mass is 319 g/mol. The Morgan fingerprint density at radius 1 is 1.37 bits per heavy atom. The second-order valence-corrected chi connectivity index (χ2v) is 5.60. The molecule has 1 fully saturated rings. The molecule has 1 aliphatic carbocycles. The van der Waals surface area contributed by atoms with E-state index in [0.717, 1.165) is 12.1 Å². The normalized spacial score (nSPS) is 21.2. The number of nitrogens with one attached hydrogen (secondary N) is 1. The Morgan fingerprint density at radius 3 is 2.84 bits per heavy atom. The summed E-state index contributed by atoms with van der Waals surface area (Å²) >= 11 is 3.33. The zero-order valence-electron chi connectivity index (χ0n) is 10.5. The first kappa shape index (κ1) is 12.4. The van der Waals surface area contributed by atoms with Crippen LogP contribution in [0.5, 0.6) is 0 Å². The molecule has 1 aliphatic rings. The first-order valence-electron chi connectivity index (χ1n) is 6.20. The molecule has 1 saturated carbocycles. The molecule has 0 saturated heterocycles. The third-order valence-corrected chi connectivity index (χ3v) is 4.20. The molecule has 1 aromatic carbocycles. The minimum atomic E-state index is -0.123. The summed E-state index contributed by atoms with van der Waals surface area (Å²) in [5.74, 6) is 0.525. The molecule has 2 unspecified atom stereocenters. The maximum atomic E-state index is 11.8. The molecule has 0 aliphatic heterocycles. The van der Waals surface area contributed by atoms with Crippen molar-refractivity contribution in [2.24, 2.45) is 7.05 Å². The molecule has 0 bridgehead atoms. The van der Waals surface area contributed by atoms with Crippen LogP contribution in [0.25, 0.3) is 0 Å². The van der Waals surface area contributed by atoms with Gasteiger partial charge < -0.3 is 5.32 Å². The van der Waals surface area contributed by atoms with Gasteiger partial charge in [0.15, 0.2) is 0 Å². The van der Waals surface area contributed by atoms with Gasteiger partial charge in [0, 0.05) is 19.0 Å². The predicted molar refractivity (Wildman–Crippen MR) is 78.4 cm³/mol. The van der Waals surface area contributed by atoms with Crippen LogP contribution in [0.15, 0.2) is 45.8 Å². The zero-order chi connectivity index (χ0) is 13.4. The summed E-state index contributed by atoms with van der Waals surface area (Å²) in [4.78, 5) is 11.8. The van der Waals surface area contributed by atoms with Crippen molar-refractivity contribution in [1.29, 1.82) is 0 Å². The van der Waals surface area contributed by atoms with Crippen LogP contribution in [-0.4, -0.2) is 15.8 Å². The van der Waals surface area contributed by atoms with Gasteiger partial charge in [-0.25, -0.2) is 4.68 Å². The Morgan fingerprint density at radius 2 is 2.11 bits per heavy atom. The SMILES string of the molecule is Cn1ncc(NC2CC2c2ccccc2)c(Br)c1=O. The second-order valence-electron chi connectivity index (χ2n) is 4.80. The van der Waals surface area contributed by atoms with Gasteiger partial charge >= 0.3 is 0 Å². The van der Waals surface area contributed by atoms with E-state index in [9.17, 15) is 4.79 Å². The van der Waals surface area contributed by atoms with E-state index in [0.29, 0.717) is 16.4 Å². The highest BCUT2D eigenvalue weighted by molar-refractivity contribution is 9.10. The molecule has 2 atom stereocenters. The van der Waals surface area contributed by atoms with E-state index < -0.39 is 0 Å². The van der Waals surface area contributed by atoms with Crippen LogP contribution in [0, 0.1) is 0 Å². The van der Waals surface area contributed by atoms with Crippen molar-refractivity contribution in [2.45, 2.75) is 18.4 Å². The van der Waals surface area contributed by atoms with Gasteiger partial charge in [-0.1, -0.05) is 30.3 Å². The molecular formula is C14H14BrN3O. The van der Waals surface area contributed by atoms with Gasteiger partial charge in [0.05, 0.1) is 11.9 Å². The van der Waals surface area contributed by atoms with E-state index in [1.807, 2.05) is 6.07 Å². The lowest BCUT2D eigenvalue weighted by atomic mass is 10.1. The van der Waals surface area contributed by atoms with Crippen LogP contribution < -0.4 is 10.9 Å². The van der Waals surface area contributed by atoms with Gasteiger partial charge in [-0.3, -0.25) is 4.79 Å². The number of anilines is 1. The minimum absolute atomic E-state index is 0.123. The first-order chi connectivity index (χ1) is 9.16. The van der Waals surface area contributed by atoms with Crippen molar-refractivity contribution in [3.63, 3.8) is 0 Å². The highest BCUT2D eigenvalue weighted by atomic mass is 79.9. The predicted octanol–water partition coefficient (Wildman–Crippen LogP) is 2.51. The smallest absolute Gasteiger partial charge is 0.282 e. The summed E-state index contributed by atoms with van der Waals surface area (Å²) in [7, 11) is 1.64. The molecule has 3 rings (SSSR count). The Kier molecular flexibility index (Phi) is 3.14. The van der Waals surface area contributed by atoms with Crippen LogP contribution in [0.3, 0.4) is 0 Å². The van der Waals surface area contributed by atoms with Crippen LogP contribution >= 0.6 is 15.9 Å². The molecule has 98 valence electrons. The second kappa shape index (κ2) is 4.81. The fourth-order valence-corrected chi connectivity index (χ4v) is 2.71. The summed E-state index contributed by atoms with van der Waals surface area (Å²) < 4.78 is 1.86. The highest BCUT2D eigenvalue weighted by Gasteiger charge is 2.38. The Labute approximate surface area is 119 Å². The van der Waals surface area contributed by atoms with Crippen LogP contribution in [0.4, 0.5) is 5.69 Å². The number of aryl methyl sites for hydroxylation is 1. The van der Waals surface area contributed by atoms with Crippen molar-refractivity contribution in [1.82, 2.24) is 9.78 Å². The maximum Gasteiger partial charge on any atom is 0.282 e. The van der Waals surface area contributed by atoms with Gasteiger partial charge in [0.25, 0.3) is 5.56 Å². The third kappa shape index (κ3) is 2.42. The van der Waals surface area contributed by atoms with E-state index >= 15 is 0 Å². The van der Waals surface area contributed by atoms with Crippen LogP contribution in [-0.2, 0) is 7.05 Å². The fraction of sp³-hybridized carbons (Fsp3) is 0.286. The lowest BCUT2D eigenvalue weighted by Crippen LogP contribution is -2.21. The largest absolute Gasteiger partial charge is 0.379 e. The Bertz CT molecular complexity index is 653. The highest BCUT2D eigenvalue weighted by Crippen LogP contribution is 2.43. The molecule has 2 aromatic rings. The molecule has 0 amide bonds. The number of hydrogen-bond donors (Lipinski definition) is 1. The number of benzene rings is 1. The van der Waals surface area contributed by atoms with Gasteiger partial charge in [0.2, 0.25) is 0 Å². The van der Waals surface area contributed by atoms with E-state index in [4.69, 9.17) is 0 Å². The molecule has 0 radical (unpaired) electrons. The molecule has 1 heterocycles. The van der Waals surface area contributed by atoms with Crippen molar-refractivity contribution < 1.29 is 0 Å². The van der Waals surface area contributed by atoms with Crippen molar-refractivity contribution >= 4 is 21.6 Å². The summed E-state index contributed by atoms with van der Waals surface area (Å²) in [6, 6.07) is 10.8. The summed E-state index contributed by atoms with van der Waals surface area (Å²) in [5.41, 5.74) is 1.99. The van der Waals surface area contributed by atoms with Crippen molar-refractivity contribution in [2.75, 3.05) is 5.32 Å². The zero-order valence-corrected chi connectivity index (χ0v) is 12.1. The number of nitrogens with zero attached hydrogens (tertiary/aromatic N) is 2. The molecule has 5 heteroatoms. The van der Waals surface area contributed by atoms with E-state index in [1.54, 1.807) is 13.2 Å². The van der Waals surface area contributed by atoms with Gasteiger partial charge in [-0.05, 0) is 27.9 Å². The number of hydrogen-bond acceptors (Lipinski definition) is 3. The fourth-order valence-electron chi connectivity index (χ4n) is 2.23. The lowest BCUT2D eigenvalue weighted by Gasteiger charge is -2.08. The molecule has 4 nitrogen and oxygen atoms in total. The van der Waals surface area contributed by atoms with Gasteiger partial charge in [-0.15, -0.1) is 0 Å². The number of halogens is 1. The number of aromatic nitrogens is 2. The van der Waals surface area contributed by atoms with Crippen LogP contribution in [0.2, 0.25) is 0 Å². The van der Waals surface area contributed by atoms with Gasteiger partial charge in [-0.2, -0.15) is 5.10 Å². The van der Waals surface area contributed by atoms with Crippen molar-refractivity contribution in [3.8, 4) is 0 Å². The molecule has 1 N–H and O–H groups in total. The Balaban J connectivity index is 1.75. The summed E-state index contributed by atoms with van der Waals surface area (Å²) in [6.07, 6.45) is 2.78. The lowest BCUT2D eigenvalue weighted by molar-refractivity contribution is 0.703. The summed E-state index contributed by atoms with van der Waals surface area (Å²) in [6.45, 7) is 0. The molecule has 1 aromatic heterocycles. The quantitative estimate of drug-likeness (QED) is 0.945. The molecule has 19 heavy (non-hydrogen) atoms. The maximum absolute atomic E-state index is 11.8. The van der Waals surface area contributed by atoms with Gasteiger partial charge in [0.1, 0.15) is 4.47 Å². The third-order valence-electron chi connectivity index (χ3n) is 3.44. The average Bonchev–Trinajstić information content (AvgIpc) is 3.20. The van der Waals surface area contributed by atoms with E-state index in [1.165, 1.54) is 10.2 Å². The van der Waals surface area contributed by atoms with E-state index in [2.05, 4.69) is 50.6 Å². The topological polar surface area (TPSA) is 46.9 Å². The molecular weight excluding hydrogens is 306 g/mol. The summed E-state index contributed by atoms with van der Waals surface area (Å²) in [5, 5.41) is 7.41. The molecule has 0 spiro atoms. The standard InChI is InChI=1S/C14H14BrN3O/c1-18-14(19)13(15)12(8-16-18)17-11-7-10(11)9-5-3-2-4-6-9/h2-6,8,10-11,17H,7H2,1H3. The van der Waals surface area contributed by atoms with Crippen LogP contribution in [0.1, 0.15) is 17.9 Å². The van der Waals surface area contributed by atoms with Crippen molar-refractivity contribution in [3.05, 3.63) is 56.9 Å². The van der Waals surface area contributed by atoms with E-state index in [-0.39, 0.29) is 5.56 Å².